The lowest BCUT2D eigenvalue weighted by molar-refractivity contribution is -0.0131. The third-order valence-corrected chi connectivity index (χ3v) is 15.2. The topological polar surface area (TPSA) is 218 Å². The molecule has 320 valence electrons. The van der Waals surface area contributed by atoms with E-state index in [0.717, 1.165) is 40.7 Å². The molecule has 5 heterocycles. The first kappa shape index (κ1) is 42.3. The van der Waals surface area contributed by atoms with Gasteiger partial charge in [0.1, 0.15) is 17.6 Å². The number of hydrogen-bond acceptors (Lipinski definition) is 9. The molecule has 13 heteroatoms. The van der Waals surface area contributed by atoms with Gasteiger partial charge in [0, 0.05) is 55.3 Å². The summed E-state index contributed by atoms with van der Waals surface area (Å²) in [5, 5.41) is 40.2. The van der Waals surface area contributed by atoms with E-state index >= 15 is 0 Å². The highest BCUT2D eigenvalue weighted by Gasteiger charge is 2.49. The van der Waals surface area contributed by atoms with Gasteiger partial charge in [-0.2, -0.15) is 8.42 Å². The lowest BCUT2D eigenvalue weighted by atomic mass is 9.64. The Kier molecular flexibility index (Phi) is 12.1. The van der Waals surface area contributed by atoms with Crippen molar-refractivity contribution in [3.8, 4) is 23.3 Å². The van der Waals surface area contributed by atoms with E-state index in [4.69, 9.17) is 25.9 Å². The van der Waals surface area contributed by atoms with Gasteiger partial charge >= 0.3 is 0 Å². The largest absolute Gasteiger partial charge is 0.508 e. The van der Waals surface area contributed by atoms with E-state index in [1.807, 2.05) is 54.6 Å². The molecule has 3 aromatic carbocycles. The molecule has 2 aliphatic carbocycles. The number of nitrogens with two attached hydrogens (primary N) is 2. The minimum absolute atomic E-state index is 0.0693. The van der Waals surface area contributed by atoms with Crippen LogP contribution in [0, 0.1) is 41.4 Å². The van der Waals surface area contributed by atoms with Crippen LogP contribution in [-0.2, 0) is 27.0 Å². The summed E-state index contributed by atoms with van der Waals surface area (Å²) < 4.78 is 53.5. The van der Waals surface area contributed by atoms with Gasteiger partial charge in [-0.15, -0.1) is 0 Å². The number of aliphatic hydroxyl groups is 3. The van der Waals surface area contributed by atoms with E-state index in [-0.39, 0.29) is 80.1 Å². The molecule has 0 radical (unpaired) electrons. The fourth-order valence-electron chi connectivity index (χ4n) is 11.0. The highest BCUT2D eigenvalue weighted by atomic mass is 32.2. The van der Waals surface area contributed by atoms with Crippen molar-refractivity contribution in [1.82, 2.24) is 0 Å². The van der Waals surface area contributed by atoms with Crippen LogP contribution in [0.15, 0.2) is 77.3 Å². The van der Waals surface area contributed by atoms with Crippen LogP contribution in [0.1, 0.15) is 110 Å². The summed E-state index contributed by atoms with van der Waals surface area (Å²) in [5.41, 5.74) is 16.6. The van der Waals surface area contributed by atoms with Gasteiger partial charge < -0.3 is 41.4 Å². The molecule has 1 saturated heterocycles. The second kappa shape index (κ2) is 17.2. The Morgan fingerprint density at radius 2 is 1.80 bits per heavy atom. The number of nitrogens with zero attached hydrogens (tertiary/aromatic N) is 1. The Morgan fingerprint density at radius 3 is 2.52 bits per heavy atom. The van der Waals surface area contributed by atoms with Crippen LogP contribution in [0.4, 0.5) is 0 Å². The number of aromatic hydroxyl groups is 1. The highest BCUT2D eigenvalue weighted by molar-refractivity contribution is 7.86. The number of hydrogen-bond donors (Lipinski definition) is 7. The van der Waals surface area contributed by atoms with E-state index in [1.165, 1.54) is 0 Å². The summed E-state index contributed by atoms with van der Waals surface area (Å²) >= 11 is 0. The smallest absolute Gasteiger partial charge is 0.268 e. The number of fused-ring (bicyclic) bond motifs is 9. The van der Waals surface area contributed by atoms with Crippen LogP contribution in [0.25, 0.3) is 0 Å². The highest BCUT2D eigenvalue weighted by Crippen LogP contribution is 2.55. The lowest BCUT2D eigenvalue weighted by Gasteiger charge is -2.42. The van der Waals surface area contributed by atoms with E-state index in [0.29, 0.717) is 49.0 Å². The van der Waals surface area contributed by atoms with Crippen LogP contribution in [0.5, 0.6) is 11.5 Å². The van der Waals surface area contributed by atoms with E-state index in [2.05, 4.69) is 18.8 Å². The van der Waals surface area contributed by atoms with Gasteiger partial charge in [0.15, 0.2) is 5.96 Å². The maximum absolute atomic E-state index is 14.1. The fraction of sp³-hybridized carbons (Fsp3) is 0.511. The number of aliphatic hydroxyl groups excluding tert-OH is 3. The van der Waals surface area contributed by atoms with Gasteiger partial charge in [0.25, 0.3) is 10.1 Å². The second-order valence-corrected chi connectivity index (χ2v) is 19.5. The first-order chi connectivity index (χ1) is 28.8. The second-order valence-electron chi connectivity index (χ2n) is 17.8. The predicted octanol–water partition coefficient (Wildman–Crippen LogP) is 5.53. The molecule has 0 unspecified atom stereocenters. The number of ether oxygens (including phenoxy) is 2. The molecule has 7 aliphatic rings. The molecule has 3 aromatic rings. The summed E-state index contributed by atoms with van der Waals surface area (Å²) in [4.78, 5) is 4.74. The molecule has 10 bridgehead atoms. The van der Waals surface area contributed by atoms with Gasteiger partial charge in [0.2, 0.25) is 5.72 Å². The molecule has 0 saturated carbocycles. The normalized spacial score (nSPS) is 31.3. The average Bonchev–Trinajstić information content (AvgIpc) is 3.34. The van der Waals surface area contributed by atoms with Gasteiger partial charge in [-0.25, -0.2) is 4.99 Å². The van der Waals surface area contributed by atoms with Gasteiger partial charge in [-0.1, -0.05) is 61.2 Å². The average molecular weight is 840 g/mol. The molecule has 60 heavy (non-hydrogen) atoms. The molecule has 10 rings (SSSR count). The summed E-state index contributed by atoms with van der Waals surface area (Å²) in [6.45, 7) is 1.68. The third-order valence-electron chi connectivity index (χ3n) is 13.9. The van der Waals surface area contributed by atoms with Crippen molar-refractivity contribution in [2.45, 2.75) is 99.7 Å². The van der Waals surface area contributed by atoms with E-state index in [9.17, 15) is 33.4 Å². The number of phenols is 1. The van der Waals surface area contributed by atoms with Crippen molar-refractivity contribution in [3.05, 3.63) is 106 Å². The van der Waals surface area contributed by atoms with Crippen molar-refractivity contribution in [2.24, 2.45) is 46.0 Å². The monoisotopic (exact) mass is 839 g/mol. The lowest BCUT2D eigenvalue weighted by Crippen LogP contribution is -2.40. The summed E-state index contributed by atoms with van der Waals surface area (Å²) in [6, 6.07) is 18.6. The van der Waals surface area contributed by atoms with Gasteiger partial charge in [-0.05, 0) is 127 Å². The zero-order valence-electron chi connectivity index (χ0n) is 34.0. The Labute approximate surface area is 352 Å². The number of aryl methyl sites for hydroxylation is 1. The number of guanidine groups is 1. The zero-order chi connectivity index (χ0) is 42.3. The van der Waals surface area contributed by atoms with Gasteiger partial charge in [-0.3, -0.25) is 4.55 Å². The number of aliphatic imine (C=N–C) groups is 1. The molecule has 11 atom stereocenters. The van der Waals surface area contributed by atoms with Crippen molar-refractivity contribution in [3.63, 3.8) is 0 Å². The summed E-state index contributed by atoms with van der Waals surface area (Å²) in [5.74, 6) is 4.98. The third kappa shape index (κ3) is 8.43. The molecular formula is C47H57N3O9S. The minimum Gasteiger partial charge on any atom is -0.508 e. The molecule has 0 aromatic heterocycles. The maximum atomic E-state index is 14.1. The van der Waals surface area contributed by atoms with Crippen LogP contribution in [0.2, 0.25) is 0 Å². The summed E-state index contributed by atoms with van der Waals surface area (Å²) in [7, 11) is -4.65. The van der Waals surface area contributed by atoms with Crippen LogP contribution in [0.3, 0.4) is 0 Å². The first-order valence-electron chi connectivity index (χ1n) is 21.3. The molecule has 5 aliphatic heterocycles. The van der Waals surface area contributed by atoms with E-state index in [1.54, 1.807) is 12.1 Å². The first-order valence-corrected chi connectivity index (χ1v) is 22.8. The number of allylic oxidation sites excluding steroid dienone is 1. The Hall–Kier alpha value is -4.42. The quantitative estimate of drug-likeness (QED) is 0.0492. The summed E-state index contributed by atoms with van der Waals surface area (Å²) in [6.07, 6.45) is 5.46. The Morgan fingerprint density at radius 1 is 1.02 bits per heavy atom. The predicted molar refractivity (Wildman–Crippen MR) is 228 cm³/mol. The van der Waals surface area contributed by atoms with Crippen molar-refractivity contribution >= 4 is 16.1 Å². The Bertz CT molecular complexity index is 2300. The standard InChI is InChI=1S/C47H57N3O9S/c1-27-5-6-32-20-37-12-14-39(32)41(27)23-43(60(55,56)57)42-22-34-18-33(21-38-17-28(25-52)3-2-4-31-19-36(54)11-13-40(31)45(34)58-38)44(42)30-7-9-35(10-8-30)47(59-37,50-46(48)49)24-29(26-53)15-16-51/h7-14,19-20,22,27-29,33,38,41-45,51-54H,3,5-6,15-18,21,23-26H2,1H3,(H4,48,49,50)(H,55,56,57)/t27-,28+,29-,33-,38-,41+,42-,43-,44+,45-,47-/m1/s1. The minimum atomic E-state index is -4.65. The number of benzene rings is 3. The van der Waals surface area contributed by atoms with E-state index < -0.39 is 39.0 Å². The molecule has 0 spiro atoms. The zero-order valence-corrected chi connectivity index (χ0v) is 34.8. The molecule has 12 nitrogen and oxygen atoms in total. The van der Waals surface area contributed by atoms with Crippen molar-refractivity contribution in [1.29, 1.82) is 0 Å². The van der Waals surface area contributed by atoms with Crippen LogP contribution >= 0.6 is 0 Å². The Balaban J connectivity index is 1.36. The van der Waals surface area contributed by atoms with Crippen molar-refractivity contribution < 1.29 is 42.9 Å². The molecule has 0 amide bonds. The van der Waals surface area contributed by atoms with Crippen LogP contribution < -0.4 is 16.2 Å². The van der Waals surface area contributed by atoms with Gasteiger partial charge in [0.05, 0.1) is 11.4 Å². The van der Waals surface area contributed by atoms with Crippen molar-refractivity contribution in [2.75, 3.05) is 19.8 Å². The number of rotatable bonds is 8. The SMILES string of the molecule is C[C@@H]1CCc2cc3ccc2[C@H]1C[C@@H](S(=O)(=O)O)[C@H]1C=C2C[C@H](C[C@H]4C[C@@H](CO)CC#Cc5cc(O)ccc5[C@@H]2O4)[C@@H]1c1ccc(cc1)[C@](C[C@H](CO)CCO)(N=C(N)N)O3. The maximum Gasteiger partial charge on any atom is 0.268 e. The number of phenolic OH excluding ortho intramolecular Hbond substituents is 1. The fourth-order valence-corrected chi connectivity index (χ4v) is 12.1. The molecule has 1 fully saturated rings. The van der Waals surface area contributed by atoms with Crippen LogP contribution in [-0.4, -0.2) is 70.5 Å². The molecule has 9 N–H and O–H groups in total. The molecular weight excluding hydrogens is 783 g/mol.